The number of nitrogens with zero attached hydrogens (tertiary/aromatic N) is 3. The van der Waals surface area contributed by atoms with Crippen molar-refractivity contribution in [2.75, 3.05) is 0 Å². The molecule has 6 heteroatoms. The Bertz CT molecular complexity index is 550. The quantitative estimate of drug-likeness (QED) is 0.882. The minimum absolute atomic E-state index is 0.280. The Morgan fingerprint density at radius 3 is 3.14 bits per heavy atom. The zero-order chi connectivity index (χ0) is 14.7. The van der Waals surface area contributed by atoms with Crippen molar-refractivity contribution >= 4 is 0 Å². The maximum Gasteiger partial charge on any atom is 0.243 e. The third-order valence-corrected chi connectivity index (χ3v) is 4.49. The Morgan fingerprint density at radius 2 is 2.38 bits per heavy atom. The smallest absolute Gasteiger partial charge is 0.243 e. The summed E-state index contributed by atoms with van der Waals surface area (Å²) in [6.07, 6.45) is 10.2. The number of aromatic nitrogens is 4. The molecule has 0 aromatic carbocycles. The van der Waals surface area contributed by atoms with Crippen LogP contribution in [0, 0.1) is 5.92 Å². The third-order valence-electron chi connectivity index (χ3n) is 4.49. The number of H-pyrrole nitrogens is 1. The molecular weight excluding hydrogens is 266 g/mol. The largest absolute Gasteiger partial charge is 0.348 e. The predicted octanol–water partition coefficient (Wildman–Crippen LogP) is 2.72. The summed E-state index contributed by atoms with van der Waals surface area (Å²) in [7, 11) is 0. The van der Waals surface area contributed by atoms with Crippen molar-refractivity contribution in [2.45, 2.75) is 57.4 Å². The van der Waals surface area contributed by atoms with E-state index in [1.165, 1.54) is 25.7 Å². The molecule has 1 saturated carbocycles. The van der Waals surface area contributed by atoms with E-state index in [0.29, 0.717) is 18.2 Å². The van der Waals surface area contributed by atoms with E-state index in [4.69, 9.17) is 10.3 Å². The SMILES string of the molecule is CCC1CCCC(c2noc([C@H](N)Cc3cnc[nH]3)n2)C1. The fourth-order valence-electron chi connectivity index (χ4n) is 3.18. The average Bonchev–Trinajstić information content (AvgIpc) is 3.18. The summed E-state index contributed by atoms with van der Waals surface area (Å²) in [6, 6.07) is -0.280. The predicted molar refractivity (Wildman–Crippen MR) is 78.5 cm³/mol. The Kier molecular flexibility index (Phi) is 4.34. The van der Waals surface area contributed by atoms with E-state index in [9.17, 15) is 0 Å². The summed E-state index contributed by atoms with van der Waals surface area (Å²) in [5, 5.41) is 4.17. The van der Waals surface area contributed by atoms with Crippen LogP contribution in [0.4, 0.5) is 0 Å². The van der Waals surface area contributed by atoms with Crippen LogP contribution < -0.4 is 5.73 Å². The molecule has 2 heterocycles. The summed E-state index contributed by atoms with van der Waals surface area (Å²) in [4.78, 5) is 11.6. The lowest BCUT2D eigenvalue weighted by atomic mass is 9.80. The standard InChI is InChI=1S/C15H23N5O/c1-2-10-4-3-5-11(6-10)14-19-15(21-20-14)13(16)7-12-8-17-9-18-12/h8-11,13H,2-7,16H2,1H3,(H,17,18)/t10?,11?,13-/m1/s1. The molecule has 3 rings (SSSR count). The molecule has 0 bridgehead atoms. The van der Waals surface area contributed by atoms with Crippen molar-refractivity contribution in [2.24, 2.45) is 11.7 Å². The van der Waals surface area contributed by atoms with Crippen LogP contribution in [-0.2, 0) is 6.42 Å². The first-order chi connectivity index (χ1) is 10.3. The Labute approximate surface area is 124 Å². The molecule has 114 valence electrons. The van der Waals surface area contributed by atoms with Crippen molar-refractivity contribution in [1.82, 2.24) is 20.1 Å². The number of aromatic amines is 1. The second-order valence-corrected chi connectivity index (χ2v) is 6.02. The van der Waals surface area contributed by atoms with Crippen LogP contribution in [0.5, 0.6) is 0 Å². The molecule has 21 heavy (non-hydrogen) atoms. The van der Waals surface area contributed by atoms with Crippen molar-refractivity contribution in [1.29, 1.82) is 0 Å². The van der Waals surface area contributed by atoms with E-state index < -0.39 is 0 Å². The number of hydrogen-bond acceptors (Lipinski definition) is 5. The molecule has 2 aromatic rings. The van der Waals surface area contributed by atoms with Crippen molar-refractivity contribution < 1.29 is 4.52 Å². The second-order valence-electron chi connectivity index (χ2n) is 6.02. The fraction of sp³-hybridized carbons (Fsp3) is 0.667. The molecular formula is C15H23N5O. The minimum Gasteiger partial charge on any atom is -0.348 e. The average molecular weight is 289 g/mol. The Hall–Kier alpha value is -1.69. The molecule has 1 aliphatic rings. The van der Waals surface area contributed by atoms with Crippen molar-refractivity contribution in [3.8, 4) is 0 Å². The molecule has 0 radical (unpaired) electrons. The summed E-state index contributed by atoms with van der Waals surface area (Å²) in [5.41, 5.74) is 7.12. The first-order valence-electron chi connectivity index (χ1n) is 7.82. The molecule has 2 unspecified atom stereocenters. The number of nitrogens with two attached hydrogens (primary N) is 1. The van der Waals surface area contributed by atoms with E-state index in [1.54, 1.807) is 12.5 Å². The first-order valence-corrected chi connectivity index (χ1v) is 7.82. The van der Waals surface area contributed by atoms with Crippen molar-refractivity contribution in [3.63, 3.8) is 0 Å². The summed E-state index contributed by atoms with van der Waals surface area (Å²) >= 11 is 0. The van der Waals surface area contributed by atoms with Gasteiger partial charge in [0.25, 0.3) is 0 Å². The zero-order valence-electron chi connectivity index (χ0n) is 12.5. The normalized spacial score (nSPS) is 24.1. The van der Waals surface area contributed by atoms with Crippen molar-refractivity contribution in [3.05, 3.63) is 29.9 Å². The lowest BCUT2D eigenvalue weighted by Crippen LogP contribution is -2.16. The van der Waals surface area contributed by atoms with Gasteiger partial charge in [-0.15, -0.1) is 0 Å². The van der Waals surface area contributed by atoms with Gasteiger partial charge in [0.05, 0.1) is 12.4 Å². The number of imidazole rings is 1. The van der Waals surface area contributed by atoms with E-state index in [0.717, 1.165) is 23.9 Å². The summed E-state index contributed by atoms with van der Waals surface area (Å²) < 4.78 is 5.38. The van der Waals surface area contributed by atoms with Gasteiger partial charge in [-0.3, -0.25) is 0 Å². The van der Waals surface area contributed by atoms with Crippen LogP contribution >= 0.6 is 0 Å². The number of hydrogen-bond donors (Lipinski definition) is 2. The molecule has 1 aliphatic carbocycles. The fourth-order valence-corrected chi connectivity index (χ4v) is 3.18. The van der Waals surface area contributed by atoms with Crippen LogP contribution in [0.2, 0.25) is 0 Å². The van der Waals surface area contributed by atoms with Gasteiger partial charge in [-0.25, -0.2) is 4.98 Å². The highest BCUT2D eigenvalue weighted by molar-refractivity contribution is 5.04. The monoisotopic (exact) mass is 289 g/mol. The Balaban J connectivity index is 1.65. The van der Waals surface area contributed by atoms with Gasteiger partial charge in [0.15, 0.2) is 5.82 Å². The van der Waals surface area contributed by atoms with Gasteiger partial charge < -0.3 is 15.2 Å². The van der Waals surface area contributed by atoms with Crippen LogP contribution in [-0.4, -0.2) is 20.1 Å². The van der Waals surface area contributed by atoms with Crippen LogP contribution in [0.25, 0.3) is 0 Å². The molecule has 0 spiro atoms. The van der Waals surface area contributed by atoms with Gasteiger partial charge in [0.2, 0.25) is 5.89 Å². The maximum atomic E-state index is 6.14. The number of nitrogens with one attached hydrogen (secondary N) is 1. The highest BCUT2D eigenvalue weighted by atomic mass is 16.5. The first kappa shape index (κ1) is 14.3. The highest BCUT2D eigenvalue weighted by Crippen LogP contribution is 2.36. The van der Waals surface area contributed by atoms with Gasteiger partial charge in [0, 0.05) is 24.2 Å². The van der Waals surface area contributed by atoms with E-state index in [-0.39, 0.29) is 6.04 Å². The molecule has 0 saturated heterocycles. The van der Waals surface area contributed by atoms with Gasteiger partial charge >= 0.3 is 0 Å². The molecule has 0 aliphatic heterocycles. The Morgan fingerprint density at radius 1 is 1.48 bits per heavy atom. The lowest BCUT2D eigenvalue weighted by Gasteiger charge is -2.26. The van der Waals surface area contributed by atoms with Gasteiger partial charge in [0.1, 0.15) is 0 Å². The molecule has 3 atom stereocenters. The summed E-state index contributed by atoms with van der Waals surface area (Å²) in [6.45, 7) is 2.26. The highest BCUT2D eigenvalue weighted by Gasteiger charge is 2.27. The zero-order valence-corrected chi connectivity index (χ0v) is 12.5. The van der Waals surface area contributed by atoms with Gasteiger partial charge in [-0.1, -0.05) is 31.3 Å². The second kappa shape index (κ2) is 6.39. The minimum atomic E-state index is -0.280. The lowest BCUT2D eigenvalue weighted by molar-refractivity contribution is 0.296. The molecule has 0 amide bonds. The van der Waals surface area contributed by atoms with Crippen LogP contribution in [0.15, 0.2) is 17.0 Å². The van der Waals surface area contributed by atoms with E-state index in [2.05, 4.69) is 27.0 Å². The molecule has 2 aromatic heterocycles. The third kappa shape index (κ3) is 3.32. The molecule has 1 fully saturated rings. The van der Waals surface area contributed by atoms with E-state index in [1.807, 2.05) is 0 Å². The molecule has 3 N–H and O–H groups in total. The summed E-state index contributed by atoms with van der Waals surface area (Å²) in [5.74, 6) is 2.59. The van der Waals surface area contributed by atoms with Crippen LogP contribution in [0.1, 0.15) is 68.4 Å². The van der Waals surface area contributed by atoms with Gasteiger partial charge in [-0.05, 0) is 18.8 Å². The van der Waals surface area contributed by atoms with Crippen LogP contribution in [0.3, 0.4) is 0 Å². The molecule has 6 nitrogen and oxygen atoms in total. The van der Waals surface area contributed by atoms with Gasteiger partial charge in [-0.2, -0.15) is 4.98 Å². The van der Waals surface area contributed by atoms with E-state index >= 15 is 0 Å². The number of rotatable bonds is 5. The topological polar surface area (TPSA) is 93.6 Å². The maximum absolute atomic E-state index is 6.14.